The van der Waals surface area contributed by atoms with Gasteiger partial charge in [0.2, 0.25) is 11.7 Å². The van der Waals surface area contributed by atoms with Gasteiger partial charge in [-0.25, -0.2) is 0 Å². The van der Waals surface area contributed by atoms with Crippen molar-refractivity contribution in [1.82, 2.24) is 10.6 Å². The van der Waals surface area contributed by atoms with Crippen LogP contribution in [0.1, 0.15) is 16.8 Å². The average molecular weight is 453 g/mol. The number of ether oxygens (including phenoxy) is 3. The number of benzene rings is 3. The summed E-state index contributed by atoms with van der Waals surface area (Å²) in [6.45, 7) is 0.132. The number of fused-ring (bicyclic) bond motifs is 1. The molecule has 0 aliphatic carbocycles. The molecule has 0 heterocycles. The molecule has 8 nitrogen and oxygen atoms in total. The van der Waals surface area contributed by atoms with Crippen molar-refractivity contribution < 1.29 is 28.9 Å². The summed E-state index contributed by atoms with van der Waals surface area (Å²) in [4.78, 5) is 24.4. The zero-order valence-electron chi connectivity index (χ0n) is 18.7. The molecular formula is C25H28N2O6. The highest BCUT2D eigenvalue weighted by Gasteiger charge is 2.14. The minimum atomic E-state index is -0.934. The number of carbonyl (C=O) groups is 2. The van der Waals surface area contributed by atoms with E-state index in [-0.39, 0.29) is 37.9 Å². The lowest BCUT2D eigenvalue weighted by Gasteiger charge is -2.17. The van der Waals surface area contributed by atoms with Crippen molar-refractivity contribution in [3.63, 3.8) is 0 Å². The minimum absolute atomic E-state index is 0.00885. The highest BCUT2D eigenvalue weighted by Crippen LogP contribution is 2.36. The molecule has 3 aromatic rings. The van der Waals surface area contributed by atoms with E-state index in [4.69, 9.17) is 14.2 Å². The molecule has 8 heteroatoms. The van der Waals surface area contributed by atoms with E-state index in [0.29, 0.717) is 22.8 Å². The van der Waals surface area contributed by atoms with Crippen molar-refractivity contribution in [2.45, 2.75) is 12.5 Å². The van der Waals surface area contributed by atoms with E-state index in [1.165, 1.54) is 14.2 Å². The van der Waals surface area contributed by atoms with Gasteiger partial charge in [0.05, 0.1) is 14.2 Å². The summed E-state index contributed by atoms with van der Waals surface area (Å²) < 4.78 is 16.1. The number of nitrogens with one attached hydrogen (secondary N) is 2. The first-order valence-electron chi connectivity index (χ1n) is 10.6. The number of carbonyl (C=O) groups excluding carboxylic acids is 2. The summed E-state index contributed by atoms with van der Waals surface area (Å²) in [6.07, 6.45) is -0.844. The van der Waals surface area contributed by atoms with E-state index in [1.807, 2.05) is 36.4 Å². The normalized spacial score (nSPS) is 11.5. The predicted molar refractivity (Wildman–Crippen MR) is 125 cm³/mol. The van der Waals surface area contributed by atoms with E-state index in [9.17, 15) is 14.7 Å². The maximum Gasteiger partial charge on any atom is 0.251 e. The third-order valence-electron chi connectivity index (χ3n) is 4.99. The lowest BCUT2D eigenvalue weighted by molar-refractivity contribution is -0.121. The topological polar surface area (TPSA) is 106 Å². The van der Waals surface area contributed by atoms with Crippen molar-refractivity contribution in [3.05, 3.63) is 66.2 Å². The standard InChI is InChI=1S/C25H28N2O6/c1-31-21-8-5-9-22(32-2)24(21)33-16-20(28)15-27-23(29)12-13-26-25(30)19-11-10-17-6-3-4-7-18(17)14-19/h3-11,14,20,28H,12-13,15-16H2,1-2H3,(H,26,30)(H,27,29). The summed E-state index contributed by atoms with van der Waals surface area (Å²) in [5.41, 5.74) is 0.536. The Bertz CT molecular complexity index is 1080. The van der Waals surface area contributed by atoms with E-state index in [1.54, 1.807) is 24.3 Å². The van der Waals surface area contributed by atoms with Gasteiger partial charge in [-0.1, -0.05) is 36.4 Å². The fraction of sp³-hybridized carbons (Fsp3) is 0.280. The van der Waals surface area contributed by atoms with Crippen LogP contribution in [-0.4, -0.2) is 56.9 Å². The molecule has 3 N–H and O–H groups in total. The van der Waals surface area contributed by atoms with Crippen LogP contribution in [0.3, 0.4) is 0 Å². The maximum absolute atomic E-state index is 12.3. The van der Waals surface area contributed by atoms with E-state index in [0.717, 1.165) is 10.8 Å². The highest BCUT2D eigenvalue weighted by atomic mass is 16.5. The second-order valence-electron chi connectivity index (χ2n) is 7.33. The first-order valence-corrected chi connectivity index (χ1v) is 10.6. The molecule has 0 aliphatic rings. The van der Waals surface area contributed by atoms with Gasteiger partial charge in [-0.3, -0.25) is 9.59 Å². The Hall–Kier alpha value is -3.78. The van der Waals surface area contributed by atoms with Crippen molar-refractivity contribution in [2.24, 2.45) is 0 Å². The lowest BCUT2D eigenvalue weighted by atomic mass is 10.1. The molecule has 0 spiro atoms. The van der Waals surface area contributed by atoms with Crippen LogP contribution in [0.2, 0.25) is 0 Å². The van der Waals surface area contributed by atoms with Crippen molar-refractivity contribution >= 4 is 22.6 Å². The van der Waals surface area contributed by atoms with Gasteiger partial charge in [-0.05, 0) is 35.0 Å². The predicted octanol–water partition coefficient (Wildman–Crippen LogP) is 2.53. The van der Waals surface area contributed by atoms with Gasteiger partial charge in [-0.15, -0.1) is 0 Å². The molecule has 174 valence electrons. The number of aliphatic hydroxyl groups is 1. The highest BCUT2D eigenvalue weighted by molar-refractivity contribution is 5.98. The molecule has 1 atom stereocenters. The Morgan fingerprint density at radius 1 is 0.909 bits per heavy atom. The third kappa shape index (κ3) is 6.60. The molecule has 1 unspecified atom stereocenters. The molecule has 0 fully saturated rings. The Labute approximate surface area is 192 Å². The first-order chi connectivity index (χ1) is 16.0. The van der Waals surface area contributed by atoms with Gasteiger partial charge >= 0.3 is 0 Å². The van der Waals surface area contributed by atoms with Gasteiger partial charge < -0.3 is 30.0 Å². The number of methoxy groups -OCH3 is 2. The number of para-hydroxylation sites is 1. The molecular weight excluding hydrogens is 424 g/mol. The Morgan fingerprint density at radius 2 is 1.61 bits per heavy atom. The van der Waals surface area contributed by atoms with Crippen molar-refractivity contribution in [1.29, 1.82) is 0 Å². The van der Waals surface area contributed by atoms with Gasteiger partial charge in [0, 0.05) is 25.1 Å². The quantitative estimate of drug-likeness (QED) is 0.413. The van der Waals surface area contributed by atoms with Crippen LogP contribution < -0.4 is 24.8 Å². The van der Waals surface area contributed by atoms with Crippen LogP contribution >= 0.6 is 0 Å². The Morgan fingerprint density at radius 3 is 2.30 bits per heavy atom. The van der Waals surface area contributed by atoms with Gasteiger partial charge in [0.25, 0.3) is 5.91 Å². The zero-order chi connectivity index (χ0) is 23.6. The fourth-order valence-corrected chi connectivity index (χ4v) is 3.24. The van der Waals surface area contributed by atoms with E-state index >= 15 is 0 Å². The smallest absolute Gasteiger partial charge is 0.251 e. The molecule has 0 radical (unpaired) electrons. The molecule has 0 bridgehead atoms. The Balaban J connectivity index is 1.39. The SMILES string of the molecule is COc1cccc(OC)c1OCC(O)CNC(=O)CCNC(=O)c1ccc2ccccc2c1. The van der Waals surface area contributed by atoms with Gasteiger partial charge in [0.1, 0.15) is 12.7 Å². The second kappa shape index (κ2) is 11.7. The molecule has 0 saturated heterocycles. The molecule has 0 aliphatic heterocycles. The molecule has 33 heavy (non-hydrogen) atoms. The van der Waals surface area contributed by atoms with Crippen LogP contribution in [0, 0.1) is 0 Å². The summed E-state index contributed by atoms with van der Waals surface area (Å²) in [5.74, 6) is 0.806. The number of aliphatic hydroxyl groups excluding tert-OH is 1. The summed E-state index contributed by atoms with van der Waals surface area (Å²) in [7, 11) is 3.02. The fourth-order valence-electron chi connectivity index (χ4n) is 3.24. The molecule has 3 aromatic carbocycles. The van der Waals surface area contributed by atoms with Crippen LogP contribution in [0.4, 0.5) is 0 Å². The molecule has 0 saturated carbocycles. The van der Waals surface area contributed by atoms with Crippen LogP contribution in [-0.2, 0) is 4.79 Å². The molecule has 3 rings (SSSR count). The van der Waals surface area contributed by atoms with E-state index in [2.05, 4.69) is 10.6 Å². The Kier molecular flexibility index (Phi) is 8.49. The van der Waals surface area contributed by atoms with Gasteiger partial charge in [-0.2, -0.15) is 0 Å². The zero-order valence-corrected chi connectivity index (χ0v) is 18.7. The number of rotatable bonds is 11. The minimum Gasteiger partial charge on any atom is -0.493 e. The van der Waals surface area contributed by atoms with Crippen molar-refractivity contribution in [3.8, 4) is 17.2 Å². The number of hydrogen-bond donors (Lipinski definition) is 3. The van der Waals surface area contributed by atoms with Crippen LogP contribution in [0.15, 0.2) is 60.7 Å². The van der Waals surface area contributed by atoms with Crippen LogP contribution in [0.25, 0.3) is 10.8 Å². The summed E-state index contributed by atoms with van der Waals surface area (Å²) in [5, 5.41) is 17.5. The second-order valence-corrected chi connectivity index (χ2v) is 7.33. The van der Waals surface area contributed by atoms with Gasteiger partial charge in [0.15, 0.2) is 11.5 Å². The monoisotopic (exact) mass is 452 g/mol. The maximum atomic E-state index is 12.3. The van der Waals surface area contributed by atoms with Crippen LogP contribution in [0.5, 0.6) is 17.2 Å². The number of hydrogen-bond acceptors (Lipinski definition) is 6. The lowest BCUT2D eigenvalue weighted by Crippen LogP contribution is -2.37. The van der Waals surface area contributed by atoms with Crippen molar-refractivity contribution in [2.75, 3.05) is 33.9 Å². The third-order valence-corrected chi connectivity index (χ3v) is 4.99. The van der Waals surface area contributed by atoms with E-state index < -0.39 is 6.10 Å². The molecule has 0 aromatic heterocycles. The first kappa shape index (κ1) is 23.9. The largest absolute Gasteiger partial charge is 0.493 e. The summed E-state index contributed by atoms with van der Waals surface area (Å²) >= 11 is 0. The molecule has 2 amide bonds. The summed E-state index contributed by atoms with van der Waals surface area (Å²) in [6, 6.07) is 18.5. The number of amides is 2. The average Bonchev–Trinajstić information content (AvgIpc) is 2.85.